The average Bonchev–Trinajstić information content (AvgIpc) is 3.09. The largest absolute Gasteiger partial charge is 0.349 e. The Bertz CT molecular complexity index is 1020. The second-order valence-electron chi connectivity index (χ2n) is 9.04. The fraction of sp³-hybridized carbons (Fsp3) is 0.458. The molecule has 2 rings (SSSR count). The summed E-state index contributed by atoms with van der Waals surface area (Å²) >= 11 is 1.77. The van der Waals surface area contributed by atoms with Gasteiger partial charge in [-0.3, -0.25) is 9.52 Å². The molecular formula is C24H34N2O3S2. The maximum atomic E-state index is 12.8. The molecule has 7 heteroatoms. The highest BCUT2D eigenvalue weighted by Gasteiger charge is 2.29. The van der Waals surface area contributed by atoms with E-state index in [9.17, 15) is 13.2 Å². The van der Waals surface area contributed by atoms with E-state index < -0.39 is 14.8 Å². The molecule has 0 bridgehead atoms. The topological polar surface area (TPSA) is 75.3 Å². The van der Waals surface area contributed by atoms with Crippen molar-refractivity contribution >= 4 is 32.8 Å². The average molecular weight is 463 g/mol. The van der Waals surface area contributed by atoms with Gasteiger partial charge in [-0.1, -0.05) is 25.7 Å². The van der Waals surface area contributed by atoms with Crippen LogP contribution >= 0.6 is 11.3 Å². The van der Waals surface area contributed by atoms with Crippen molar-refractivity contribution in [1.82, 2.24) is 10.0 Å². The number of carbonyl (C=O) groups excluding carboxylic acids is 1. The highest BCUT2D eigenvalue weighted by atomic mass is 32.2. The minimum Gasteiger partial charge on any atom is -0.349 e. The predicted octanol–water partition coefficient (Wildman–Crippen LogP) is 5.09. The lowest BCUT2D eigenvalue weighted by Gasteiger charge is -2.29. The van der Waals surface area contributed by atoms with E-state index in [-0.39, 0.29) is 17.6 Å². The van der Waals surface area contributed by atoms with Gasteiger partial charge in [-0.2, -0.15) is 0 Å². The molecule has 0 saturated carbocycles. The van der Waals surface area contributed by atoms with Gasteiger partial charge in [0.25, 0.3) is 5.91 Å². The molecule has 1 aromatic rings. The van der Waals surface area contributed by atoms with Crippen molar-refractivity contribution in [2.75, 3.05) is 0 Å². The molecular weight excluding hydrogens is 428 g/mol. The molecule has 2 N–H and O–H groups in total. The van der Waals surface area contributed by atoms with Crippen molar-refractivity contribution in [1.29, 1.82) is 0 Å². The molecule has 1 aromatic heterocycles. The van der Waals surface area contributed by atoms with Crippen LogP contribution in [0.5, 0.6) is 0 Å². The Labute approximate surface area is 191 Å². The molecule has 0 fully saturated rings. The Hall–Kier alpha value is -2.12. The van der Waals surface area contributed by atoms with Gasteiger partial charge >= 0.3 is 0 Å². The summed E-state index contributed by atoms with van der Waals surface area (Å²) in [5.41, 5.74) is 3.31. The van der Waals surface area contributed by atoms with Gasteiger partial charge in [-0.25, -0.2) is 8.42 Å². The Balaban J connectivity index is 1.99. The summed E-state index contributed by atoms with van der Waals surface area (Å²) in [7, 11) is -3.55. The zero-order valence-electron chi connectivity index (χ0n) is 19.3. The van der Waals surface area contributed by atoms with Crippen LogP contribution in [0.25, 0.3) is 5.57 Å². The van der Waals surface area contributed by atoms with Crippen LogP contribution in [-0.2, 0) is 14.8 Å². The maximum Gasteiger partial charge on any atom is 0.251 e. The van der Waals surface area contributed by atoms with Gasteiger partial charge in [0.2, 0.25) is 10.0 Å². The van der Waals surface area contributed by atoms with Crippen LogP contribution in [0.2, 0.25) is 0 Å². The SMILES string of the molecule is C=C(/C=C\C(=C/C)C(=O)NC1CC=C(c2cc(C)cs2)CC1C)NS(=O)(=O)C(C)(C)C. The minimum atomic E-state index is -3.55. The van der Waals surface area contributed by atoms with Crippen molar-refractivity contribution < 1.29 is 13.2 Å². The van der Waals surface area contributed by atoms with Crippen molar-refractivity contribution in [3.63, 3.8) is 0 Å². The number of thiophene rings is 1. The Morgan fingerprint density at radius 1 is 1.29 bits per heavy atom. The van der Waals surface area contributed by atoms with E-state index in [1.165, 1.54) is 22.1 Å². The highest BCUT2D eigenvalue weighted by Crippen LogP contribution is 2.34. The third-order valence-electron chi connectivity index (χ3n) is 5.32. The van der Waals surface area contributed by atoms with Crippen LogP contribution < -0.4 is 10.0 Å². The quantitative estimate of drug-likeness (QED) is 0.438. The number of aryl methyl sites for hydroxylation is 1. The summed E-state index contributed by atoms with van der Waals surface area (Å²) < 4.78 is 26.0. The molecule has 0 spiro atoms. The first-order chi connectivity index (χ1) is 14.3. The third kappa shape index (κ3) is 6.68. The molecule has 2 unspecified atom stereocenters. The number of rotatable bonds is 7. The molecule has 31 heavy (non-hydrogen) atoms. The number of amides is 1. The molecule has 1 aliphatic rings. The van der Waals surface area contributed by atoms with E-state index in [1.54, 1.807) is 51.2 Å². The van der Waals surface area contributed by atoms with E-state index in [0.717, 1.165) is 12.8 Å². The Morgan fingerprint density at radius 3 is 2.48 bits per heavy atom. The van der Waals surface area contributed by atoms with Crippen LogP contribution in [0.1, 0.15) is 57.9 Å². The minimum absolute atomic E-state index is 0.0586. The predicted molar refractivity (Wildman–Crippen MR) is 131 cm³/mol. The first kappa shape index (κ1) is 25.1. The first-order valence-electron chi connectivity index (χ1n) is 10.4. The van der Waals surface area contributed by atoms with E-state index >= 15 is 0 Å². The maximum absolute atomic E-state index is 12.8. The van der Waals surface area contributed by atoms with Gasteiger partial charge in [-0.05, 0) is 88.1 Å². The molecule has 5 nitrogen and oxygen atoms in total. The van der Waals surface area contributed by atoms with Crippen LogP contribution in [0, 0.1) is 12.8 Å². The van der Waals surface area contributed by atoms with Gasteiger partial charge in [0.05, 0.1) is 4.75 Å². The van der Waals surface area contributed by atoms with Crippen LogP contribution in [0.3, 0.4) is 0 Å². The third-order valence-corrected chi connectivity index (χ3v) is 8.59. The fourth-order valence-corrected chi connectivity index (χ4v) is 4.85. The molecule has 1 amide bonds. The molecule has 170 valence electrons. The number of hydrogen-bond donors (Lipinski definition) is 2. The van der Waals surface area contributed by atoms with Crippen molar-refractivity contribution in [2.45, 2.75) is 65.2 Å². The summed E-state index contributed by atoms with van der Waals surface area (Å²) in [4.78, 5) is 14.1. The van der Waals surface area contributed by atoms with Crippen LogP contribution in [0.15, 0.2) is 53.6 Å². The first-order valence-corrected chi connectivity index (χ1v) is 12.8. The second kappa shape index (κ2) is 10.0. The Morgan fingerprint density at radius 2 is 1.97 bits per heavy atom. The Kier molecular flexibility index (Phi) is 8.11. The standard InChI is InChI=1S/C24H34N2O3S2/c1-8-19(10-9-18(4)26-31(28,29)24(5,6)7)23(27)25-21-12-11-20(14-17(21)3)22-13-16(2)15-30-22/h8-11,13,15,17,21,26H,4,12,14H2,1-3,5-7H3,(H,25,27)/b10-9-,19-8+. The lowest BCUT2D eigenvalue weighted by atomic mass is 9.85. The van der Waals surface area contributed by atoms with E-state index in [4.69, 9.17) is 0 Å². The summed E-state index contributed by atoms with van der Waals surface area (Å²) in [5.74, 6) is 0.146. The molecule has 2 atom stereocenters. The monoisotopic (exact) mass is 462 g/mol. The number of sulfonamides is 1. The normalized spacial score (nSPS) is 20.5. The van der Waals surface area contributed by atoms with Gasteiger partial charge in [0.15, 0.2) is 0 Å². The van der Waals surface area contributed by atoms with Crippen molar-refractivity contribution in [3.05, 3.63) is 64.0 Å². The van der Waals surface area contributed by atoms with E-state index in [0.29, 0.717) is 11.5 Å². The van der Waals surface area contributed by atoms with Crippen LogP contribution in [0.4, 0.5) is 0 Å². The van der Waals surface area contributed by atoms with Gasteiger partial charge in [0.1, 0.15) is 0 Å². The van der Waals surface area contributed by atoms with Crippen LogP contribution in [-0.4, -0.2) is 25.1 Å². The molecule has 0 aromatic carbocycles. The zero-order valence-corrected chi connectivity index (χ0v) is 20.9. The molecule has 0 saturated heterocycles. The summed E-state index contributed by atoms with van der Waals surface area (Å²) in [6.07, 6.45) is 8.76. The van der Waals surface area contributed by atoms with Gasteiger partial charge in [0, 0.05) is 22.2 Å². The lowest BCUT2D eigenvalue weighted by Crippen LogP contribution is -2.41. The second-order valence-corrected chi connectivity index (χ2v) is 12.4. The molecule has 0 radical (unpaired) electrons. The smallest absolute Gasteiger partial charge is 0.251 e. The number of nitrogens with one attached hydrogen (secondary N) is 2. The van der Waals surface area contributed by atoms with E-state index in [2.05, 4.69) is 48.0 Å². The van der Waals surface area contributed by atoms with Crippen molar-refractivity contribution in [3.8, 4) is 0 Å². The molecule has 0 aliphatic heterocycles. The molecule has 1 aliphatic carbocycles. The number of allylic oxidation sites excluding steroid dienone is 3. The fourth-order valence-electron chi connectivity index (χ4n) is 3.18. The summed E-state index contributed by atoms with van der Waals surface area (Å²) in [6, 6.07) is 2.27. The lowest BCUT2D eigenvalue weighted by molar-refractivity contribution is -0.118. The zero-order chi connectivity index (χ0) is 23.4. The number of hydrogen-bond acceptors (Lipinski definition) is 4. The number of carbonyl (C=O) groups is 1. The van der Waals surface area contributed by atoms with Gasteiger partial charge < -0.3 is 5.32 Å². The van der Waals surface area contributed by atoms with E-state index in [1.807, 2.05) is 0 Å². The highest BCUT2D eigenvalue weighted by molar-refractivity contribution is 7.90. The summed E-state index contributed by atoms with van der Waals surface area (Å²) in [6.45, 7) is 14.6. The van der Waals surface area contributed by atoms with Gasteiger partial charge in [-0.15, -0.1) is 11.3 Å². The van der Waals surface area contributed by atoms with Crippen molar-refractivity contribution in [2.24, 2.45) is 5.92 Å². The molecule has 1 heterocycles. The summed E-state index contributed by atoms with van der Waals surface area (Å²) in [5, 5.41) is 5.29.